The van der Waals surface area contributed by atoms with Crippen LogP contribution in [-0.2, 0) is 6.42 Å². The van der Waals surface area contributed by atoms with Crippen molar-refractivity contribution in [2.24, 2.45) is 0 Å². The Labute approximate surface area is 105 Å². The number of hydrogen-bond donors (Lipinski definition) is 1. The molecule has 1 atom stereocenters. The Balaban J connectivity index is 2.36. The predicted octanol–water partition coefficient (Wildman–Crippen LogP) is 3.07. The van der Waals surface area contributed by atoms with E-state index in [1.807, 2.05) is 6.92 Å². The highest BCUT2D eigenvalue weighted by Crippen LogP contribution is 2.30. The second kappa shape index (κ2) is 5.23. The van der Waals surface area contributed by atoms with Crippen LogP contribution in [0.1, 0.15) is 30.1 Å². The van der Waals surface area contributed by atoms with Gasteiger partial charge in [0.05, 0.1) is 7.11 Å². The summed E-state index contributed by atoms with van der Waals surface area (Å²) in [6.45, 7) is 1.95. The fourth-order valence-corrected chi connectivity index (χ4v) is 1.78. The molecule has 0 saturated heterocycles. The minimum absolute atomic E-state index is 0.105. The van der Waals surface area contributed by atoms with Gasteiger partial charge in [-0.15, -0.1) is 0 Å². The molecule has 2 aromatic rings. The Kier molecular flexibility index (Phi) is 3.67. The van der Waals surface area contributed by atoms with E-state index in [0.717, 1.165) is 12.2 Å². The Hall–Kier alpha value is -1.81. The van der Waals surface area contributed by atoms with Crippen LogP contribution in [0.15, 0.2) is 34.7 Å². The van der Waals surface area contributed by atoms with Gasteiger partial charge in [0, 0.05) is 12.0 Å². The van der Waals surface area contributed by atoms with Crippen molar-refractivity contribution in [2.45, 2.75) is 19.4 Å². The largest absolute Gasteiger partial charge is 0.494 e. The van der Waals surface area contributed by atoms with Crippen LogP contribution < -0.4 is 4.74 Å². The lowest BCUT2D eigenvalue weighted by Gasteiger charge is -2.11. The van der Waals surface area contributed by atoms with E-state index in [2.05, 4.69) is 0 Å². The molecular formula is C14H15FO3. The van der Waals surface area contributed by atoms with Crippen LogP contribution in [0, 0.1) is 5.82 Å². The van der Waals surface area contributed by atoms with Gasteiger partial charge in [0.1, 0.15) is 17.6 Å². The monoisotopic (exact) mass is 250 g/mol. The number of halogens is 1. The van der Waals surface area contributed by atoms with Gasteiger partial charge in [-0.3, -0.25) is 0 Å². The topological polar surface area (TPSA) is 42.6 Å². The fraction of sp³-hybridized carbons (Fsp3) is 0.286. The zero-order valence-corrected chi connectivity index (χ0v) is 10.3. The Morgan fingerprint density at radius 2 is 2.11 bits per heavy atom. The van der Waals surface area contributed by atoms with Gasteiger partial charge in [0.25, 0.3) is 0 Å². The molecule has 0 spiro atoms. The summed E-state index contributed by atoms with van der Waals surface area (Å²) in [5, 5.41) is 10.1. The van der Waals surface area contributed by atoms with Gasteiger partial charge >= 0.3 is 0 Å². The SMILES string of the molecule is CCc1ccc(C(O)c2cccc(OC)c2F)o1. The van der Waals surface area contributed by atoms with Gasteiger partial charge in [-0.25, -0.2) is 4.39 Å². The van der Waals surface area contributed by atoms with Gasteiger partial charge in [-0.05, 0) is 18.2 Å². The zero-order chi connectivity index (χ0) is 13.1. The summed E-state index contributed by atoms with van der Waals surface area (Å²) in [6.07, 6.45) is -0.395. The molecule has 0 aliphatic heterocycles. The molecule has 1 aromatic carbocycles. The number of benzene rings is 1. The van der Waals surface area contributed by atoms with Crippen molar-refractivity contribution in [3.05, 3.63) is 53.2 Å². The molecule has 1 aromatic heterocycles. The van der Waals surface area contributed by atoms with Crippen molar-refractivity contribution in [3.8, 4) is 5.75 Å². The van der Waals surface area contributed by atoms with Gasteiger partial charge in [0.2, 0.25) is 0 Å². The number of aliphatic hydroxyl groups is 1. The number of furan rings is 1. The fourth-order valence-electron chi connectivity index (χ4n) is 1.78. The third-order valence-corrected chi connectivity index (χ3v) is 2.81. The minimum Gasteiger partial charge on any atom is -0.494 e. The number of aryl methyl sites for hydroxylation is 1. The first-order valence-corrected chi connectivity index (χ1v) is 5.76. The smallest absolute Gasteiger partial charge is 0.171 e. The van der Waals surface area contributed by atoms with Crippen molar-refractivity contribution >= 4 is 0 Å². The minimum atomic E-state index is -1.12. The van der Waals surface area contributed by atoms with E-state index in [1.165, 1.54) is 19.2 Å². The van der Waals surface area contributed by atoms with E-state index in [4.69, 9.17) is 9.15 Å². The van der Waals surface area contributed by atoms with E-state index in [1.54, 1.807) is 18.2 Å². The highest BCUT2D eigenvalue weighted by Gasteiger charge is 2.20. The molecule has 3 nitrogen and oxygen atoms in total. The third-order valence-electron chi connectivity index (χ3n) is 2.81. The molecule has 4 heteroatoms. The maximum atomic E-state index is 14.0. The van der Waals surface area contributed by atoms with Crippen LogP contribution in [0.5, 0.6) is 5.75 Å². The number of methoxy groups -OCH3 is 1. The average Bonchev–Trinajstić information content (AvgIpc) is 2.87. The molecule has 96 valence electrons. The van der Waals surface area contributed by atoms with E-state index >= 15 is 0 Å². The number of rotatable bonds is 4. The second-order valence-corrected chi connectivity index (χ2v) is 3.92. The van der Waals surface area contributed by atoms with Crippen LogP contribution in [0.2, 0.25) is 0 Å². The van der Waals surface area contributed by atoms with Crippen LogP contribution >= 0.6 is 0 Å². The molecule has 1 N–H and O–H groups in total. The Morgan fingerprint density at radius 3 is 2.72 bits per heavy atom. The highest BCUT2D eigenvalue weighted by atomic mass is 19.1. The summed E-state index contributed by atoms with van der Waals surface area (Å²) in [5.41, 5.74) is 0.145. The lowest BCUT2D eigenvalue weighted by atomic mass is 10.1. The molecule has 0 saturated carbocycles. The van der Waals surface area contributed by atoms with Gasteiger partial charge in [-0.2, -0.15) is 0 Å². The number of ether oxygens (including phenoxy) is 1. The number of aliphatic hydroxyl groups excluding tert-OH is 1. The summed E-state index contributed by atoms with van der Waals surface area (Å²) in [6, 6.07) is 8.07. The van der Waals surface area contributed by atoms with Crippen LogP contribution in [-0.4, -0.2) is 12.2 Å². The summed E-state index contributed by atoms with van der Waals surface area (Å²) in [7, 11) is 1.39. The molecule has 1 heterocycles. The second-order valence-electron chi connectivity index (χ2n) is 3.92. The normalized spacial score (nSPS) is 12.4. The van der Waals surface area contributed by atoms with Crippen LogP contribution in [0.25, 0.3) is 0 Å². The Bertz CT molecular complexity index is 534. The van der Waals surface area contributed by atoms with Crippen molar-refractivity contribution in [1.29, 1.82) is 0 Å². The van der Waals surface area contributed by atoms with Gasteiger partial charge < -0.3 is 14.3 Å². The van der Waals surface area contributed by atoms with Crippen LogP contribution in [0.3, 0.4) is 0 Å². The van der Waals surface area contributed by atoms with E-state index in [0.29, 0.717) is 5.76 Å². The molecule has 1 unspecified atom stereocenters. The van der Waals surface area contributed by atoms with Crippen LogP contribution in [0.4, 0.5) is 4.39 Å². The molecule has 0 aliphatic carbocycles. The lowest BCUT2D eigenvalue weighted by Crippen LogP contribution is -2.03. The number of hydrogen-bond acceptors (Lipinski definition) is 3. The molecule has 18 heavy (non-hydrogen) atoms. The van der Waals surface area contributed by atoms with E-state index < -0.39 is 11.9 Å². The standard InChI is InChI=1S/C14H15FO3/c1-3-9-7-8-12(18-9)14(16)10-5-4-6-11(17-2)13(10)15/h4-8,14,16H,3H2,1-2H3. The summed E-state index contributed by atoms with van der Waals surface area (Å²) < 4.78 is 24.3. The lowest BCUT2D eigenvalue weighted by molar-refractivity contribution is 0.181. The van der Waals surface area contributed by atoms with Crippen molar-refractivity contribution in [2.75, 3.05) is 7.11 Å². The first kappa shape index (κ1) is 12.6. The quantitative estimate of drug-likeness (QED) is 0.906. The summed E-state index contributed by atoms with van der Waals surface area (Å²) in [5.74, 6) is 0.627. The van der Waals surface area contributed by atoms with E-state index in [9.17, 15) is 9.50 Å². The molecule has 0 bridgehead atoms. The molecule has 0 amide bonds. The first-order valence-electron chi connectivity index (χ1n) is 5.76. The molecule has 0 aliphatic rings. The van der Waals surface area contributed by atoms with Gasteiger partial charge in [-0.1, -0.05) is 19.1 Å². The maximum Gasteiger partial charge on any atom is 0.171 e. The molecular weight excluding hydrogens is 235 g/mol. The third kappa shape index (κ3) is 2.24. The molecule has 0 radical (unpaired) electrons. The predicted molar refractivity (Wildman–Crippen MR) is 65.1 cm³/mol. The summed E-state index contributed by atoms with van der Waals surface area (Å²) >= 11 is 0. The summed E-state index contributed by atoms with van der Waals surface area (Å²) in [4.78, 5) is 0. The highest BCUT2D eigenvalue weighted by molar-refractivity contribution is 5.35. The molecule has 0 fully saturated rings. The zero-order valence-electron chi connectivity index (χ0n) is 10.3. The van der Waals surface area contributed by atoms with Crippen molar-refractivity contribution in [3.63, 3.8) is 0 Å². The Morgan fingerprint density at radius 1 is 1.33 bits per heavy atom. The van der Waals surface area contributed by atoms with E-state index in [-0.39, 0.29) is 11.3 Å². The van der Waals surface area contributed by atoms with Gasteiger partial charge in [0.15, 0.2) is 11.6 Å². The maximum absolute atomic E-state index is 14.0. The van der Waals surface area contributed by atoms with Crippen molar-refractivity contribution < 1.29 is 18.7 Å². The average molecular weight is 250 g/mol. The molecule has 2 rings (SSSR count). The van der Waals surface area contributed by atoms with Crippen molar-refractivity contribution in [1.82, 2.24) is 0 Å². The first-order chi connectivity index (χ1) is 8.67.